The van der Waals surface area contributed by atoms with Crippen molar-refractivity contribution >= 4 is 5.82 Å². The fourth-order valence-corrected chi connectivity index (χ4v) is 0.376. The Kier molecular flexibility index (Phi) is 5.11. The lowest BCUT2D eigenvalue weighted by Crippen LogP contribution is -1.99. The van der Waals surface area contributed by atoms with Crippen LogP contribution in [0.15, 0.2) is 24.4 Å². The number of aromatic nitrogens is 1. The van der Waals surface area contributed by atoms with Crippen LogP contribution < -0.4 is 5.73 Å². The van der Waals surface area contributed by atoms with E-state index in [-0.39, 0.29) is 0 Å². The van der Waals surface area contributed by atoms with Crippen LogP contribution in [0.1, 0.15) is 0 Å². The molecule has 0 radical (unpaired) electrons. The van der Waals surface area contributed by atoms with Crippen molar-refractivity contribution in [1.82, 2.24) is 9.88 Å². The van der Waals surface area contributed by atoms with Crippen LogP contribution in [-0.4, -0.2) is 31.0 Å². The molecule has 0 saturated heterocycles. The molecule has 0 amide bonds. The van der Waals surface area contributed by atoms with Gasteiger partial charge in [0.2, 0.25) is 0 Å². The third-order valence-electron chi connectivity index (χ3n) is 0.688. The molecule has 0 saturated carbocycles. The predicted molar refractivity (Wildman–Crippen MR) is 48.3 cm³/mol. The van der Waals surface area contributed by atoms with E-state index in [0.29, 0.717) is 5.82 Å². The van der Waals surface area contributed by atoms with Crippen molar-refractivity contribution in [3.05, 3.63) is 24.4 Å². The molecule has 11 heavy (non-hydrogen) atoms. The van der Waals surface area contributed by atoms with E-state index in [9.17, 15) is 0 Å². The third kappa shape index (κ3) is 8.91. The Bertz CT molecular complexity index is 169. The van der Waals surface area contributed by atoms with Gasteiger partial charge in [-0.25, -0.2) is 4.98 Å². The molecule has 2 N–H and O–H groups in total. The van der Waals surface area contributed by atoms with Crippen molar-refractivity contribution in [2.24, 2.45) is 0 Å². The molecule has 3 heteroatoms. The maximum Gasteiger partial charge on any atom is 0.123 e. The van der Waals surface area contributed by atoms with Crippen LogP contribution in [0.5, 0.6) is 0 Å². The third-order valence-corrected chi connectivity index (χ3v) is 0.688. The quantitative estimate of drug-likeness (QED) is 0.600. The lowest BCUT2D eigenvalue weighted by atomic mass is 10.5. The fraction of sp³-hybridized carbons (Fsp3) is 0.375. The lowest BCUT2D eigenvalue weighted by molar-refractivity contribution is 0.505. The average molecular weight is 153 g/mol. The zero-order chi connectivity index (χ0) is 8.69. The molecule has 0 fully saturated rings. The minimum absolute atomic E-state index is 0.572. The summed E-state index contributed by atoms with van der Waals surface area (Å²) in [5.74, 6) is 0.572. The predicted octanol–water partition coefficient (Wildman–Crippen LogP) is 0.842. The summed E-state index contributed by atoms with van der Waals surface area (Å²) in [7, 11) is 6.00. The average Bonchev–Trinajstić information content (AvgIpc) is 1.87. The van der Waals surface area contributed by atoms with Gasteiger partial charge in [0.15, 0.2) is 0 Å². The highest BCUT2D eigenvalue weighted by Crippen LogP contribution is 1.89. The lowest BCUT2D eigenvalue weighted by Gasteiger charge is -1.90. The standard InChI is InChI=1S/C5H6N2.C3H9N/c6-5-3-1-2-4-7-5;1-4(2)3/h1-4H,(H2,6,7);1-3H3. The van der Waals surface area contributed by atoms with E-state index in [0.717, 1.165) is 0 Å². The van der Waals surface area contributed by atoms with Gasteiger partial charge in [0.1, 0.15) is 5.82 Å². The Morgan fingerprint density at radius 1 is 1.27 bits per heavy atom. The van der Waals surface area contributed by atoms with Gasteiger partial charge in [-0.3, -0.25) is 0 Å². The summed E-state index contributed by atoms with van der Waals surface area (Å²) >= 11 is 0. The Balaban J connectivity index is 0.000000218. The number of rotatable bonds is 0. The van der Waals surface area contributed by atoms with Crippen molar-refractivity contribution in [3.63, 3.8) is 0 Å². The SMILES string of the molecule is CN(C)C.Nc1ccccn1. The largest absolute Gasteiger partial charge is 0.384 e. The normalized spacial score (nSPS) is 8.73. The van der Waals surface area contributed by atoms with Gasteiger partial charge >= 0.3 is 0 Å². The molecule has 1 heterocycles. The first-order chi connectivity index (χ1) is 5.13. The minimum atomic E-state index is 0.572. The Morgan fingerprint density at radius 3 is 2.00 bits per heavy atom. The van der Waals surface area contributed by atoms with Crippen molar-refractivity contribution in [3.8, 4) is 0 Å². The van der Waals surface area contributed by atoms with Gasteiger partial charge in [0, 0.05) is 6.20 Å². The molecular formula is C8H15N3. The van der Waals surface area contributed by atoms with Crippen LogP contribution in [0.2, 0.25) is 0 Å². The number of hydrogen-bond donors (Lipinski definition) is 1. The number of anilines is 1. The highest BCUT2D eigenvalue weighted by Gasteiger charge is 1.73. The van der Waals surface area contributed by atoms with E-state index >= 15 is 0 Å². The van der Waals surface area contributed by atoms with Gasteiger partial charge in [-0.05, 0) is 33.3 Å². The number of nitrogens with zero attached hydrogens (tertiary/aromatic N) is 2. The first-order valence-electron chi connectivity index (χ1n) is 3.40. The summed E-state index contributed by atoms with van der Waals surface area (Å²) in [6, 6.07) is 5.43. The van der Waals surface area contributed by atoms with E-state index < -0.39 is 0 Å². The first kappa shape index (κ1) is 9.91. The van der Waals surface area contributed by atoms with Crippen molar-refractivity contribution in [2.45, 2.75) is 0 Å². The summed E-state index contributed by atoms with van der Waals surface area (Å²) in [5.41, 5.74) is 5.25. The molecule has 0 atom stereocenters. The van der Waals surface area contributed by atoms with Crippen molar-refractivity contribution in [1.29, 1.82) is 0 Å². The van der Waals surface area contributed by atoms with Crippen LogP contribution >= 0.6 is 0 Å². The fourth-order valence-electron chi connectivity index (χ4n) is 0.376. The van der Waals surface area contributed by atoms with Gasteiger partial charge in [-0.15, -0.1) is 0 Å². The number of nitrogen functional groups attached to an aromatic ring is 1. The van der Waals surface area contributed by atoms with Crippen LogP contribution in [0, 0.1) is 0 Å². The molecular weight excluding hydrogens is 138 g/mol. The molecule has 1 rings (SSSR count). The molecule has 0 bridgehead atoms. The number of hydrogen-bond acceptors (Lipinski definition) is 3. The second-order valence-corrected chi connectivity index (χ2v) is 2.60. The smallest absolute Gasteiger partial charge is 0.123 e. The Morgan fingerprint density at radius 2 is 1.82 bits per heavy atom. The Hall–Kier alpha value is -1.09. The van der Waals surface area contributed by atoms with E-state index in [4.69, 9.17) is 5.73 Å². The molecule has 62 valence electrons. The molecule has 1 aromatic rings. The van der Waals surface area contributed by atoms with Crippen LogP contribution in [0.25, 0.3) is 0 Å². The highest BCUT2D eigenvalue weighted by atomic mass is 15.0. The highest BCUT2D eigenvalue weighted by molar-refractivity contribution is 5.25. The summed E-state index contributed by atoms with van der Waals surface area (Å²) in [4.78, 5) is 5.76. The van der Waals surface area contributed by atoms with Crippen LogP contribution in [-0.2, 0) is 0 Å². The van der Waals surface area contributed by atoms with Gasteiger partial charge in [-0.1, -0.05) is 6.07 Å². The Labute approximate surface area is 67.9 Å². The van der Waals surface area contributed by atoms with Gasteiger partial charge in [-0.2, -0.15) is 0 Å². The number of nitrogens with two attached hydrogens (primary N) is 1. The van der Waals surface area contributed by atoms with Crippen molar-refractivity contribution < 1.29 is 0 Å². The van der Waals surface area contributed by atoms with E-state index in [1.165, 1.54) is 0 Å². The van der Waals surface area contributed by atoms with E-state index in [2.05, 4.69) is 4.98 Å². The second-order valence-electron chi connectivity index (χ2n) is 2.60. The van der Waals surface area contributed by atoms with Crippen LogP contribution in [0.3, 0.4) is 0 Å². The van der Waals surface area contributed by atoms with E-state index in [1.54, 1.807) is 12.3 Å². The molecule has 3 nitrogen and oxygen atoms in total. The zero-order valence-corrected chi connectivity index (χ0v) is 7.28. The van der Waals surface area contributed by atoms with Gasteiger partial charge in [0.25, 0.3) is 0 Å². The molecule has 1 aromatic heterocycles. The summed E-state index contributed by atoms with van der Waals surface area (Å²) in [5, 5.41) is 0. The maximum atomic E-state index is 5.25. The van der Waals surface area contributed by atoms with Crippen LogP contribution in [0.4, 0.5) is 5.82 Å². The monoisotopic (exact) mass is 153 g/mol. The topological polar surface area (TPSA) is 42.1 Å². The molecule has 0 aliphatic carbocycles. The second kappa shape index (κ2) is 5.68. The summed E-state index contributed by atoms with van der Waals surface area (Å²) in [6.07, 6.45) is 1.66. The molecule has 0 aromatic carbocycles. The van der Waals surface area contributed by atoms with Crippen molar-refractivity contribution in [2.75, 3.05) is 26.9 Å². The minimum Gasteiger partial charge on any atom is -0.384 e. The van der Waals surface area contributed by atoms with Gasteiger partial charge < -0.3 is 10.6 Å². The first-order valence-corrected chi connectivity index (χ1v) is 3.40. The van der Waals surface area contributed by atoms with E-state index in [1.807, 2.05) is 38.2 Å². The molecule has 0 unspecified atom stereocenters. The maximum absolute atomic E-state index is 5.25. The van der Waals surface area contributed by atoms with Gasteiger partial charge in [0.05, 0.1) is 0 Å². The molecule has 0 spiro atoms. The summed E-state index contributed by atoms with van der Waals surface area (Å²) in [6.45, 7) is 0. The zero-order valence-electron chi connectivity index (χ0n) is 7.28. The summed E-state index contributed by atoms with van der Waals surface area (Å²) < 4.78 is 0. The molecule has 0 aliphatic heterocycles. The number of pyridine rings is 1. The molecule has 0 aliphatic rings.